The van der Waals surface area contributed by atoms with Gasteiger partial charge < -0.3 is 5.11 Å². The molecular formula is C10H17NO2. The summed E-state index contributed by atoms with van der Waals surface area (Å²) in [6.45, 7) is 11.0. The van der Waals surface area contributed by atoms with Gasteiger partial charge in [0.2, 0.25) is 0 Å². The zero-order valence-electron chi connectivity index (χ0n) is 8.66. The van der Waals surface area contributed by atoms with Crippen LogP contribution in [0.4, 0.5) is 4.79 Å². The molecule has 0 rings (SSSR count). The number of carbonyl (C=O) groups is 1. The van der Waals surface area contributed by atoms with E-state index in [1.807, 2.05) is 27.7 Å². The molecule has 0 fully saturated rings. The van der Waals surface area contributed by atoms with Crippen molar-refractivity contribution in [2.45, 2.75) is 33.2 Å². The molecule has 0 unspecified atom stereocenters. The lowest BCUT2D eigenvalue weighted by Crippen LogP contribution is -2.40. The maximum absolute atomic E-state index is 10.8. The molecule has 0 aromatic rings. The van der Waals surface area contributed by atoms with Gasteiger partial charge in [-0.15, -0.1) is 0 Å². The number of allylic oxidation sites excluding steroid dienone is 2. The summed E-state index contributed by atoms with van der Waals surface area (Å²) < 4.78 is 0. The van der Waals surface area contributed by atoms with E-state index in [2.05, 4.69) is 6.58 Å². The molecule has 0 radical (unpaired) electrons. The van der Waals surface area contributed by atoms with Crippen molar-refractivity contribution in [3.8, 4) is 0 Å². The Balaban J connectivity index is 4.65. The monoisotopic (exact) mass is 183 g/mol. The minimum Gasteiger partial charge on any atom is -0.465 e. The predicted molar refractivity (Wildman–Crippen MR) is 53.6 cm³/mol. The second-order valence-corrected chi connectivity index (χ2v) is 3.99. The fraction of sp³-hybridized carbons (Fsp3) is 0.500. The van der Waals surface area contributed by atoms with Crippen LogP contribution in [0.15, 0.2) is 24.4 Å². The molecule has 1 N–H and O–H groups in total. The standard InChI is InChI=1S/C10H17NO2/c1-8(2)6-7-11(9(12)13)10(3,4)5/h6-7H,1H2,2-5H3,(H,12,13). The smallest absolute Gasteiger partial charge is 0.411 e. The summed E-state index contributed by atoms with van der Waals surface area (Å²) in [5, 5.41) is 8.87. The highest BCUT2D eigenvalue weighted by molar-refractivity contribution is 5.67. The third kappa shape index (κ3) is 4.35. The van der Waals surface area contributed by atoms with Crippen molar-refractivity contribution in [2.75, 3.05) is 0 Å². The Morgan fingerprint density at radius 2 is 1.92 bits per heavy atom. The molecular weight excluding hydrogens is 166 g/mol. The Morgan fingerprint density at radius 1 is 1.46 bits per heavy atom. The van der Waals surface area contributed by atoms with Crippen LogP contribution in [0.1, 0.15) is 27.7 Å². The summed E-state index contributed by atoms with van der Waals surface area (Å²) in [5.74, 6) is 0. The average molecular weight is 183 g/mol. The second-order valence-electron chi connectivity index (χ2n) is 3.99. The number of amides is 1. The van der Waals surface area contributed by atoms with Crippen LogP contribution in [-0.2, 0) is 0 Å². The van der Waals surface area contributed by atoms with E-state index in [4.69, 9.17) is 5.11 Å². The van der Waals surface area contributed by atoms with E-state index in [0.717, 1.165) is 5.57 Å². The first-order valence-corrected chi connectivity index (χ1v) is 4.11. The van der Waals surface area contributed by atoms with Crippen LogP contribution in [0.25, 0.3) is 0 Å². The van der Waals surface area contributed by atoms with Crippen LogP contribution in [-0.4, -0.2) is 21.6 Å². The van der Waals surface area contributed by atoms with Crippen LogP contribution in [0.3, 0.4) is 0 Å². The lowest BCUT2D eigenvalue weighted by molar-refractivity contribution is 0.130. The summed E-state index contributed by atoms with van der Waals surface area (Å²) in [5.41, 5.74) is 0.410. The van der Waals surface area contributed by atoms with Gasteiger partial charge in [0, 0.05) is 11.7 Å². The highest BCUT2D eigenvalue weighted by Crippen LogP contribution is 2.14. The molecule has 13 heavy (non-hydrogen) atoms. The predicted octanol–water partition coefficient (Wildman–Crippen LogP) is 2.85. The molecule has 74 valence electrons. The normalized spacial score (nSPS) is 11.7. The van der Waals surface area contributed by atoms with Gasteiger partial charge in [0.05, 0.1) is 0 Å². The summed E-state index contributed by atoms with van der Waals surface area (Å²) in [4.78, 5) is 12.1. The molecule has 0 aromatic carbocycles. The maximum atomic E-state index is 10.8. The van der Waals surface area contributed by atoms with E-state index >= 15 is 0 Å². The lowest BCUT2D eigenvalue weighted by atomic mass is 10.1. The van der Waals surface area contributed by atoms with Crippen molar-refractivity contribution in [3.05, 3.63) is 24.4 Å². The number of carboxylic acid groups (broad SMARTS) is 1. The van der Waals surface area contributed by atoms with Crippen molar-refractivity contribution < 1.29 is 9.90 Å². The van der Waals surface area contributed by atoms with Gasteiger partial charge in [-0.25, -0.2) is 4.79 Å². The van der Waals surface area contributed by atoms with Crippen molar-refractivity contribution in [1.82, 2.24) is 4.90 Å². The number of hydrogen-bond acceptors (Lipinski definition) is 1. The van der Waals surface area contributed by atoms with Crippen LogP contribution < -0.4 is 0 Å². The van der Waals surface area contributed by atoms with Crippen LogP contribution in [0.2, 0.25) is 0 Å². The van der Waals surface area contributed by atoms with Gasteiger partial charge in [0.25, 0.3) is 0 Å². The third-order valence-corrected chi connectivity index (χ3v) is 1.44. The maximum Gasteiger partial charge on any atom is 0.411 e. The van der Waals surface area contributed by atoms with E-state index in [1.165, 1.54) is 11.1 Å². The molecule has 1 amide bonds. The molecule has 0 saturated heterocycles. The van der Waals surface area contributed by atoms with Crippen molar-refractivity contribution >= 4 is 6.09 Å². The van der Waals surface area contributed by atoms with Crippen LogP contribution in [0.5, 0.6) is 0 Å². The fourth-order valence-electron chi connectivity index (χ4n) is 0.776. The van der Waals surface area contributed by atoms with E-state index < -0.39 is 11.6 Å². The summed E-state index contributed by atoms with van der Waals surface area (Å²) in [7, 11) is 0. The minimum absolute atomic E-state index is 0.419. The van der Waals surface area contributed by atoms with Crippen molar-refractivity contribution in [2.24, 2.45) is 0 Å². The third-order valence-electron chi connectivity index (χ3n) is 1.44. The quantitative estimate of drug-likeness (QED) is 0.669. The van der Waals surface area contributed by atoms with Crippen LogP contribution >= 0.6 is 0 Å². The van der Waals surface area contributed by atoms with E-state index in [-0.39, 0.29) is 0 Å². The first kappa shape index (κ1) is 11.8. The second kappa shape index (κ2) is 4.12. The lowest BCUT2D eigenvalue weighted by Gasteiger charge is -2.29. The minimum atomic E-state index is -0.954. The molecule has 0 heterocycles. The zero-order chi connectivity index (χ0) is 10.6. The Labute approximate surface area is 79.4 Å². The molecule has 3 heteroatoms. The summed E-state index contributed by atoms with van der Waals surface area (Å²) in [6, 6.07) is 0. The highest BCUT2D eigenvalue weighted by Gasteiger charge is 2.23. The topological polar surface area (TPSA) is 40.5 Å². The molecule has 0 aromatic heterocycles. The van der Waals surface area contributed by atoms with Gasteiger partial charge in [-0.3, -0.25) is 4.90 Å². The highest BCUT2D eigenvalue weighted by atomic mass is 16.4. The largest absolute Gasteiger partial charge is 0.465 e. The summed E-state index contributed by atoms with van der Waals surface area (Å²) >= 11 is 0. The van der Waals surface area contributed by atoms with Crippen LogP contribution in [0, 0.1) is 0 Å². The molecule has 0 aliphatic rings. The van der Waals surface area contributed by atoms with Gasteiger partial charge in [-0.1, -0.05) is 12.2 Å². The molecule has 0 atom stereocenters. The Morgan fingerprint density at radius 3 is 2.15 bits per heavy atom. The molecule has 3 nitrogen and oxygen atoms in total. The molecule has 0 bridgehead atoms. The van der Waals surface area contributed by atoms with Crippen molar-refractivity contribution in [3.63, 3.8) is 0 Å². The fourth-order valence-corrected chi connectivity index (χ4v) is 0.776. The van der Waals surface area contributed by atoms with Gasteiger partial charge in [-0.05, 0) is 33.8 Å². The molecule has 0 aliphatic heterocycles. The molecule has 0 aliphatic carbocycles. The summed E-state index contributed by atoms with van der Waals surface area (Å²) in [6.07, 6.45) is 2.26. The zero-order valence-corrected chi connectivity index (χ0v) is 8.66. The van der Waals surface area contributed by atoms with E-state index in [0.29, 0.717) is 0 Å². The Bertz CT molecular complexity index is 236. The first-order chi connectivity index (χ1) is 5.75. The molecule has 0 saturated carbocycles. The van der Waals surface area contributed by atoms with Gasteiger partial charge >= 0.3 is 6.09 Å². The Kier molecular flexibility index (Phi) is 3.72. The van der Waals surface area contributed by atoms with E-state index in [1.54, 1.807) is 6.08 Å². The van der Waals surface area contributed by atoms with Gasteiger partial charge in [0.1, 0.15) is 0 Å². The number of rotatable bonds is 2. The van der Waals surface area contributed by atoms with E-state index in [9.17, 15) is 4.79 Å². The first-order valence-electron chi connectivity index (χ1n) is 4.11. The van der Waals surface area contributed by atoms with Gasteiger partial charge in [-0.2, -0.15) is 0 Å². The van der Waals surface area contributed by atoms with Gasteiger partial charge in [0.15, 0.2) is 0 Å². The average Bonchev–Trinajstić information content (AvgIpc) is 1.81. The Hall–Kier alpha value is -1.25. The number of nitrogens with zero attached hydrogens (tertiary/aromatic N) is 1. The van der Waals surface area contributed by atoms with Crippen molar-refractivity contribution in [1.29, 1.82) is 0 Å². The molecule has 0 spiro atoms. The number of hydrogen-bond donors (Lipinski definition) is 1. The SMILES string of the molecule is C=C(C)C=CN(C(=O)O)C(C)(C)C.